The lowest BCUT2D eigenvalue weighted by atomic mass is 10.0. The molecule has 0 unspecified atom stereocenters. The first-order valence-corrected chi connectivity index (χ1v) is 9.03. The van der Waals surface area contributed by atoms with Gasteiger partial charge in [0, 0.05) is 5.02 Å². The lowest BCUT2D eigenvalue weighted by molar-refractivity contribution is -0.117. The summed E-state index contributed by atoms with van der Waals surface area (Å²) in [5.74, 6) is 2.44. The molecule has 0 aliphatic rings. The number of nitrogens with zero attached hydrogens (tertiary/aromatic N) is 2. The monoisotopic (exact) mass is 368 g/mol. The molecular weight excluding hydrogens is 352 g/mol. The Balaban J connectivity index is 2.02. The van der Waals surface area contributed by atoms with Crippen LogP contribution in [0.25, 0.3) is 10.2 Å². The highest BCUT2D eigenvalue weighted by molar-refractivity contribution is 7.16. The molecule has 1 aromatic heterocycles. The van der Waals surface area contributed by atoms with Gasteiger partial charge in [-0.05, 0) is 43.2 Å². The molecule has 0 fully saturated rings. The largest absolute Gasteiger partial charge is 0.305 e. The van der Waals surface area contributed by atoms with E-state index < -0.39 is 0 Å². The van der Waals surface area contributed by atoms with E-state index in [9.17, 15) is 4.79 Å². The maximum absolute atomic E-state index is 12.5. The van der Waals surface area contributed by atoms with Gasteiger partial charge in [-0.1, -0.05) is 52.6 Å². The minimum atomic E-state index is -0.183. The van der Waals surface area contributed by atoms with Crippen LogP contribution in [-0.2, 0) is 17.8 Å². The molecule has 0 spiro atoms. The van der Waals surface area contributed by atoms with Gasteiger partial charge >= 0.3 is 0 Å². The number of aryl methyl sites for hydroxylation is 2. The van der Waals surface area contributed by atoms with Crippen LogP contribution in [-0.4, -0.2) is 10.5 Å². The van der Waals surface area contributed by atoms with Crippen LogP contribution < -0.4 is 4.80 Å². The second-order valence-corrected chi connectivity index (χ2v) is 7.34. The Bertz CT molecular complexity index is 1070. The van der Waals surface area contributed by atoms with Gasteiger partial charge in [0.2, 0.25) is 0 Å². The highest BCUT2D eigenvalue weighted by atomic mass is 35.5. The highest BCUT2D eigenvalue weighted by Gasteiger charge is 2.09. The summed E-state index contributed by atoms with van der Waals surface area (Å²) in [4.78, 5) is 17.4. The molecule has 0 aliphatic heterocycles. The molecule has 0 N–H and O–H groups in total. The van der Waals surface area contributed by atoms with Crippen LogP contribution in [0.3, 0.4) is 0 Å². The molecular formula is C20H17ClN2OS. The third-order valence-corrected chi connectivity index (χ3v) is 5.24. The highest BCUT2D eigenvalue weighted by Crippen LogP contribution is 2.22. The van der Waals surface area contributed by atoms with Gasteiger partial charge in [-0.15, -0.1) is 6.42 Å². The lowest BCUT2D eigenvalue weighted by Gasteiger charge is -2.04. The molecule has 0 bridgehead atoms. The van der Waals surface area contributed by atoms with E-state index in [0.29, 0.717) is 16.4 Å². The number of aromatic nitrogens is 1. The van der Waals surface area contributed by atoms with Crippen LogP contribution in [0.1, 0.15) is 16.7 Å². The summed E-state index contributed by atoms with van der Waals surface area (Å²) >= 11 is 7.48. The molecule has 3 nitrogen and oxygen atoms in total. The molecule has 2 aromatic carbocycles. The minimum Gasteiger partial charge on any atom is -0.305 e. The van der Waals surface area contributed by atoms with Crippen molar-refractivity contribution < 1.29 is 4.79 Å². The molecule has 3 rings (SSSR count). The fourth-order valence-electron chi connectivity index (χ4n) is 2.68. The van der Waals surface area contributed by atoms with Crippen LogP contribution in [0, 0.1) is 26.2 Å². The van der Waals surface area contributed by atoms with Crippen LogP contribution in [0.15, 0.2) is 41.4 Å². The van der Waals surface area contributed by atoms with E-state index in [-0.39, 0.29) is 12.3 Å². The van der Waals surface area contributed by atoms with Crippen molar-refractivity contribution in [1.82, 2.24) is 4.57 Å². The second kappa shape index (κ2) is 7.26. The summed E-state index contributed by atoms with van der Waals surface area (Å²) in [6.45, 7) is 4.38. The van der Waals surface area contributed by atoms with Crippen LogP contribution in [0.2, 0.25) is 5.02 Å². The summed E-state index contributed by atoms with van der Waals surface area (Å²) < 4.78 is 2.83. The average molecular weight is 369 g/mol. The second-order valence-electron chi connectivity index (χ2n) is 5.90. The standard InChI is InChI=1S/C20H17ClN2OS/c1-4-9-23-17-8-7-16(21)12-18(17)25-20(23)22-19(24)11-15-10-13(2)5-6-14(15)3/h1,5-8,10,12H,9,11H2,2-3H3. The summed E-state index contributed by atoms with van der Waals surface area (Å²) in [6, 6.07) is 11.7. The maximum Gasteiger partial charge on any atom is 0.252 e. The Morgan fingerprint density at radius 2 is 2.08 bits per heavy atom. The normalized spacial score (nSPS) is 11.7. The molecule has 126 valence electrons. The molecule has 3 aromatic rings. The molecule has 1 amide bonds. The van der Waals surface area contributed by atoms with Gasteiger partial charge < -0.3 is 4.57 Å². The third kappa shape index (κ3) is 3.84. The summed E-state index contributed by atoms with van der Waals surface area (Å²) in [5, 5.41) is 0.648. The van der Waals surface area contributed by atoms with Gasteiger partial charge in [-0.25, -0.2) is 0 Å². The number of benzene rings is 2. The zero-order valence-electron chi connectivity index (χ0n) is 14.0. The van der Waals surface area contributed by atoms with Crippen molar-refractivity contribution in [3.05, 3.63) is 62.9 Å². The number of carbonyl (C=O) groups excluding carboxylic acids is 1. The number of thiazole rings is 1. The Kier molecular flexibility index (Phi) is 5.08. The number of terminal acetylenes is 1. The molecule has 0 aliphatic carbocycles. The number of halogens is 1. The molecule has 0 saturated heterocycles. The topological polar surface area (TPSA) is 34.4 Å². The van der Waals surface area contributed by atoms with Crippen molar-refractivity contribution in [2.45, 2.75) is 26.8 Å². The Hall–Kier alpha value is -2.35. The molecule has 1 heterocycles. The molecule has 0 radical (unpaired) electrons. The van der Waals surface area contributed by atoms with Gasteiger partial charge in [-0.3, -0.25) is 4.79 Å². The number of carbonyl (C=O) groups is 1. The Labute approximate surface area is 155 Å². The summed E-state index contributed by atoms with van der Waals surface area (Å²) in [7, 11) is 0. The van der Waals surface area contributed by atoms with E-state index in [0.717, 1.165) is 26.9 Å². The van der Waals surface area contributed by atoms with Crippen LogP contribution in [0.4, 0.5) is 0 Å². The lowest BCUT2D eigenvalue weighted by Crippen LogP contribution is -2.17. The van der Waals surface area contributed by atoms with E-state index in [1.165, 1.54) is 11.3 Å². The first kappa shape index (κ1) is 17.5. The van der Waals surface area contributed by atoms with E-state index in [4.69, 9.17) is 18.0 Å². The van der Waals surface area contributed by atoms with E-state index in [1.54, 1.807) is 0 Å². The summed E-state index contributed by atoms with van der Waals surface area (Å²) in [5.41, 5.74) is 4.16. The smallest absolute Gasteiger partial charge is 0.252 e. The van der Waals surface area contributed by atoms with Gasteiger partial charge in [0.1, 0.15) is 0 Å². The number of fused-ring (bicyclic) bond motifs is 1. The molecule has 0 saturated carbocycles. The van der Waals surface area contributed by atoms with Crippen LogP contribution >= 0.6 is 22.9 Å². The van der Waals surface area contributed by atoms with E-state index >= 15 is 0 Å². The Morgan fingerprint density at radius 3 is 2.84 bits per heavy atom. The maximum atomic E-state index is 12.5. The van der Waals surface area contributed by atoms with Crippen molar-refractivity contribution in [3.63, 3.8) is 0 Å². The predicted molar refractivity (Wildman–Crippen MR) is 104 cm³/mol. The van der Waals surface area contributed by atoms with Gasteiger partial charge in [0.05, 0.1) is 23.2 Å². The quantitative estimate of drug-likeness (QED) is 0.635. The summed E-state index contributed by atoms with van der Waals surface area (Å²) in [6.07, 6.45) is 5.76. The fourth-order valence-corrected chi connectivity index (χ4v) is 4.00. The number of rotatable bonds is 3. The third-order valence-electron chi connectivity index (χ3n) is 3.96. The predicted octanol–water partition coefficient (Wildman–Crippen LogP) is 4.28. The van der Waals surface area contributed by atoms with Crippen LogP contribution in [0.5, 0.6) is 0 Å². The van der Waals surface area contributed by atoms with Crippen molar-refractivity contribution in [1.29, 1.82) is 0 Å². The van der Waals surface area contributed by atoms with Gasteiger partial charge in [-0.2, -0.15) is 4.99 Å². The van der Waals surface area contributed by atoms with Crippen molar-refractivity contribution >= 4 is 39.1 Å². The van der Waals surface area contributed by atoms with E-state index in [2.05, 4.69) is 10.9 Å². The van der Waals surface area contributed by atoms with Gasteiger partial charge in [0.15, 0.2) is 4.80 Å². The molecule has 0 atom stereocenters. The minimum absolute atomic E-state index is 0.183. The SMILES string of the molecule is C#CCn1c(=NC(=O)Cc2cc(C)ccc2C)sc2cc(Cl)ccc21. The fraction of sp³-hybridized carbons (Fsp3) is 0.200. The van der Waals surface area contributed by atoms with Crippen molar-refractivity contribution in [3.8, 4) is 12.3 Å². The first-order valence-electron chi connectivity index (χ1n) is 7.84. The Morgan fingerprint density at radius 1 is 1.28 bits per heavy atom. The molecule has 5 heteroatoms. The van der Waals surface area contributed by atoms with Crippen molar-refractivity contribution in [2.75, 3.05) is 0 Å². The zero-order valence-corrected chi connectivity index (χ0v) is 15.6. The average Bonchev–Trinajstić information content (AvgIpc) is 2.88. The molecule has 25 heavy (non-hydrogen) atoms. The van der Waals surface area contributed by atoms with Crippen molar-refractivity contribution in [2.24, 2.45) is 4.99 Å². The zero-order chi connectivity index (χ0) is 18.0. The number of amides is 1. The first-order chi connectivity index (χ1) is 12.0. The van der Waals surface area contributed by atoms with E-state index in [1.807, 2.05) is 54.8 Å². The number of hydrogen-bond donors (Lipinski definition) is 0. The number of hydrogen-bond acceptors (Lipinski definition) is 2. The van der Waals surface area contributed by atoms with Gasteiger partial charge in [0.25, 0.3) is 5.91 Å².